The molecule has 0 saturated carbocycles. The second kappa shape index (κ2) is 13.1. The van der Waals surface area contributed by atoms with Crippen LogP contribution in [0, 0.1) is 26.7 Å². The van der Waals surface area contributed by atoms with Crippen LogP contribution in [0.3, 0.4) is 0 Å². The summed E-state index contributed by atoms with van der Waals surface area (Å²) in [6.45, 7) is 12.3. The number of ether oxygens (including phenoxy) is 2. The van der Waals surface area contributed by atoms with Crippen LogP contribution in [-0.4, -0.2) is 59.1 Å². The maximum absolute atomic E-state index is 14.0. The lowest BCUT2D eigenvalue weighted by Gasteiger charge is -2.40. The Morgan fingerprint density at radius 2 is 1.48 bits per heavy atom. The van der Waals surface area contributed by atoms with Crippen LogP contribution in [-0.2, 0) is 24.1 Å². The van der Waals surface area contributed by atoms with E-state index < -0.39 is 47.9 Å². The molecule has 0 unspecified atom stereocenters. The molecule has 0 saturated heterocycles. The third kappa shape index (κ3) is 7.81. The SMILES string of the molecule is COc1cccc(C(=O)N(C(=O)c2cc(C)cc(C)c2)N(C(=O)OOC(=O)COC(=O)C(C)C)C(C)(C)C)c1C. The average Bonchev–Trinajstić information content (AvgIpc) is 2.86. The Morgan fingerprint density at radius 1 is 0.875 bits per heavy atom. The third-order valence-corrected chi connectivity index (χ3v) is 5.61. The predicted molar refractivity (Wildman–Crippen MR) is 144 cm³/mol. The van der Waals surface area contributed by atoms with Crippen molar-refractivity contribution in [1.29, 1.82) is 0 Å². The molecule has 0 aromatic heterocycles. The smallest absolute Gasteiger partial charge is 0.472 e. The Hall–Kier alpha value is -4.41. The zero-order valence-electron chi connectivity index (χ0n) is 24.3. The van der Waals surface area contributed by atoms with Gasteiger partial charge in [0, 0.05) is 16.7 Å². The van der Waals surface area contributed by atoms with Gasteiger partial charge in [0.2, 0.25) is 0 Å². The summed E-state index contributed by atoms with van der Waals surface area (Å²) in [6.07, 6.45) is -1.33. The molecular formula is C29H36N2O9. The van der Waals surface area contributed by atoms with Gasteiger partial charge in [-0.15, -0.1) is 0 Å². The molecule has 40 heavy (non-hydrogen) atoms. The van der Waals surface area contributed by atoms with E-state index in [1.807, 2.05) is 6.07 Å². The Labute approximate surface area is 233 Å². The van der Waals surface area contributed by atoms with Crippen LogP contribution in [0.5, 0.6) is 5.75 Å². The highest BCUT2D eigenvalue weighted by Gasteiger charge is 2.42. The summed E-state index contributed by atoms with van der Waals surface area (Å²) in [4.78, 5) is 74.3. The number of aryl methyl sites for hydroxylation is 2. The van der Waals surface area contributed by atoms with Crippen molar-refractivity contribution < 1.29 is 43.2 Å². The molecule has 0 aliphatic heterocycles. The van der Waals surface area contributed by atoms with E-state index in [0.29, 0.717) is 16.3 Å². The van der Waals surface area contributed by atoms with E-state index in [-0.39, 0.29) is 11.1 Å². The number of imide groups is 1. The lowest BCUT2D eigenvalue weighted by Crippen LogP contribution is -2.60. The first-order valence-corrected chi connectivity index (χ1v) is 12.6. The van der Waals surface area contributed by atoms with Crippen molar-refractivity contribution in [2.24, 2.45) is 5.92 Å². The number of methoxy groups -OCH3 is 1. The molecule has 2 rings (SSSR count). The highest BCUT2D eigenvalue weighted by molar-refractivity contribution is 6.11. The monoisotopic (exact) mass is 556 g/mol. The number of carbonyl (C=O) groups is 5. The number of nitrogens with zero attached hydrogens (tertiary/aromatic N) is 2. The molecule has 3 amide bonds. The van der Waals surface area contributed by atoms with Gasteiger partial charge in [-0.05, 0) is 65.8 Å². The second-order valence-corrected chi connectivity index (χ2v) is 10.5. The largest absolute Gasteiger partial charge is 0.496 e. The number of hydrazine groups is 1. The quantitative estimate of drug-likeness (QED) is 0.215. The van der Waals surface area contributed by atoms with Crippen molar-refractivity contribution >= 4 is 29.8 Å². The fraction of sp³-hybridized carbons (Fsp3) is 0.414. The molecule has 0 atom stereocenters. The molecule has 216 valence electrons. The zero-order chi connectivity index (χ0) is 30.4. The van der Waals surface area contributed by atoms with E-state index in [4.69, 9.17) is 14.4 Å². The predicted octanol–water partition coefficient (Wildman–Crippen LogP) is 4.71. The molecule has 2 aromatic carbocycles. The van der Waals surface area contributed by atoms with Gasteiger partial charge in [0.1, 0.15) is 5.75 Å². The fourth-order valence-electron chi connectivity index (χ4n) is 3.77. The van der Waals surface area contributed by atoms with Gasteiger partial charge in [-0.1, -0.05) is 37.1 Å². The summed E-state index contributed by atoms with van der Waals surface area (Å²) >= 11 is 0. The molecule has 0 radical (unpaired) electrons. The molecule has 0 spiro atoms. The minimum atomic E-state index is -1.33. The first kappa shape index (κ1) is 31.8. The summed E-state index contributed by atoms with van der Waals surface area (Å²) in [6, 6.07) is 9.77. The van der Waals surface area contributed by atoms with Crippen molar-refractivity contribution in [2.75, 3.05) is 13.7 Å². The normalized spacial score (nSPS) is 10.9. The highest BCUT2D eigenvalue weighted by Crippen LogP contribution is 2.27. The molecule has 11 nitrogen and oxygen atoms in total. The van der Waals surface area contributed by atoms with Crippen LogP contribution in [0.25, 0.3) is 0 Å². The minimum Gasteiger partial charge on any atom is -0.496 e. The van der Waals surface area contributed by atoms with Crippen LogP contribution in [0.4, 0.5) is 4.79 Å². The molecule has 2 aromatic rings. The first-order chi connectivity index (χ1) is 18.6. The van der Waals surface area contributed by atoms with Gasteiger partial charge in [-0.2, -0.15) is 5.01 Å². The number of carbonyl (C=O) groups excluding carboxylic acids is 5. The summed E-state index contributed by atoms with van der Waals surface area (Å²) in [7, 11) is 1.45. The number of hydrogen-bond acceptors (Lipinski definition) is 9. The average molecular weight is 557 g/mol. The molecule has 0 aliphatic carbocycles. The van der Waals surface area contributed by atoms with Crippen molar-refractivity contribution in [3.05, 3.63) is 64.2 Å². The van der Waals surface area contributed by atoms with Crippen molar-refractivity contribution in [1.82, 2.24) is 10.0 Å². The van der Waals surface area contributed by atoms with Gasteiger partial charge in [0.15, 0.2) is 6.61 Å². The van der Waals surface area contributed by atoms with Gasteiger partial charge >= 0.3 is 18.0 Å². The number of esters is 1. The van der Waals surface area contributed by atoms with E-state index >= 15 is 0 Å². The lowest BCUT2D eigenvalue weighted by molar-refractivity contribution is -0.247. The summed E-state index contributed by atoms with van der Waals surface area (Å²) in [5.41, 5.74) is 0.979. The maximum Gasteiger partial charge on any atom is 0.472 e. The lowest BCUT2D eigenvalue weighted by atomic mass is 10.0. The van der Waals surface area contributed by atoms with Gasteiger partial charge in [-0.3, -0.25) is 14.4 Å². The van der Waals surface area contributed by atoms with Crippen LogP contribution in [0.15, 0.2) is 36.4 Å². The molecule has 11 heteroatoms. The van der Waals surface area contributed by atoms with E-state index in [2.05, 4.69) is 4.89 Å². The second-order valence-electron chi connectivity index (χ2n) is 10.5. The van der Waals surface area contributed by atoms with E-state index in [1.54, 1.807) is 79.7 Å². The Balaban J connectivity index is 2.54. The van der Waals surface area contributed by atoms with E-state index in [1.165, 1.54) is 13.2 Å². The number of benzene rings is 2. The fourth-order valence-corrected chi connectivity index (χ4v) is 3.77. The zero-order valence-corrected chi connectivity index (χ0v) is 24.3. The van der Waals surface area contributed by atoms with Crippen LogP contribution in [0.2, 0.25) is 0 Å². The minimum absolute atomic E-state index is 0.0942. The number of rotatable bonds is 6. The Bertz CT molecular complexity index is 1270. The van der Waals surface area contributed by atoms with Crippen LogP contribution >= 0.6 is 0 Å². The van der Waals surface area contributed by atoms with Gasteiger partial charge in [0.25, 0.3) is 11.8 Å². The summed E-state index contributed by atoms with van der Waals surface area (Å²) in [5, 5.41) is 1.42. The molecule has 0 aliphatic rings. The van der Waals surface area contributed by atoms with E-state index in [0.717, 1.165) is 16.1 Å². The van der Waals surface area contributed by atoms with Crippen molar-refractivity contribution in [3.8, 4) is 5.75 Å². The first-order valence-electron chi connectivity index (χ1n) is 12.6. The molecule has 0 heterocycles. The number of hydrogen-bond donors (Lipinski definition) is 0. The summed E-state index contributed by atoms with van der Waals surface area (Å²) in [5.74, 6) is -3.56. The Morgan fingerprint density at radius 3 is 2.00 bits per heavy atom. The number of amides is 3. The van der Waals surface area contributed by atoms with Gasteiger partial charge in [-0.25, -0.2) is 24.4 Å². The summed E-state index contributed by atoms with van der Waals surface area (Å²) < 4.78 is 10.1. The van der Waals surface area contributed by atoms with Crippen LogP contribution < -0.4 is 4.74 Å². The van der Waals surface area contributed by atoms with Crippen LogP contribution in [0.1, 0.15) is 72.0 Å². The van der Waals surface area contributed by atoms with Gasteiger partial charge < -0.3 is 9.47 Å². The molecular weight excluding hydrogens is 520 g/mol. The molecule has 0 bridgehead atoms. The Kier molecular flexibility index (Phi) is 10.4. The van der Waals surface area contributed by atoms with E-state index in [9.17, 15) is 24.0 Å². The van der Waals surface area contributed by atoms with Gasteiger partial charge in [0.05, 0.1) is 18.6 Å². The van der Waals surface area contributed by atoms with Crippen molar-refractivity contribution in [2.45, 2.75) is 60.9 Å². The molecule has 0 N–H and O–H groups in total. The van der Waals surface area contributed by atoms with Crippen molar-refractivity contribution in [3.63, 3.8) is 0 Å². The standard InChI is InChI=1S/C29H36N2O9/c1-17(2)27(35)38-16-24(32)39-40-28(36)31(29(6,7)8)30(25(33)21-14-18(3)13-19(4)15-21)26(34)22-11-10-12-23(37-9)20(22)5/h10-15,17H,16H2,1-9H3. The third-order valence-electron chi connectivity index (χ3n) is 5.61. The highest BCUT2D eigenvalue weighted by atomic mass is 17.2. The molecule has 0 fully saturated rings. The maximum atomic E-state index is 14.0. The topological polar surface area (TPSA) is 129 Å².